The number of benzene rings is 2. The highest BCUT2D eigenvalue weighted by Crippen LogP contribution is 2.39. The maximum absolute atomic E-state index is 12.8. The number of amides is 2. The number of hydrogen-bond acceptors (Lipinski definition) is 6. The first-order valence-electron chi connectivity index (χ1n) is 8.69. The number of carbonyl (C=O) groups is 2. The van der Waals surface area contributed by atoms with Crippen LogP contribution in [-0.4, -0.2) is 34.9 Å². The van der Waals surface area contributed by atoms with Crippen LogP contribution in [0.5, 0.6) is 11.5 Å². The van der Waals surface area contributed by atoms with Crippen molar-refractivity contribution in [3.63, 3.8) is 0 Å². The van der Waals surface area contributed by atoms with Crippen molar-refractivity contribution in [2.24, 2.45) is 0 Å². The summed E-state index contributed by atoms with van der Waals surface area (Å²) in [5, 5.41) is 1.57. The number of methoxy groups -OCH3 is 1. The van der Waals surface area contributed by atoms with Crippen LogP contribution in [0.2, 0.25) is 5.02 Å². The Hall–Kier alpha value is -2.07. The van der Waals surface area contributed by atoms with Crippen LogP contribution in [0.3, 0.4) is 0 Å². The number of carbonyl (C=O) groups excluding carboxylic acids is 2. The second-order valence-corrected chi connectivity index (χ2v) is 8.90. The topological polar surface area (TPSA) is 67.9 Å². The molecule has 1 saturated heterocycles. The first-order chi connectivity index (χ1) is 14.3. The Bertz CT molecular complexity index is 1040. The Morgan fingerprint density at radius 3 is 2.67 bits per heavy atom. The van der Waals surface area contributed by atoms with E-state index in [2.05, 4.69) is 21.4 Å². The number of nitrogens with one attached hydrogen (secondary N) is 1. The second-order valence-electron chi connectivity index (χ2n) is 5.93. The zero-order valence-corrected chi connectivity index (χ0v) is 19.9. The summed E-state index contributed by atoms with van der Waals surface area (Å²) in [5.41, 5.74) is 3.61. The fourth-order valence-electron chi connectivity index (χ4n) is 2.59. The molecule has 0 aliphatic carbocycles. The molecule has 30 heavy (non-hydrogen) atoms. The molecular formula is C20H16BrClN2O4S2. The van der Waals surface area contributed by atoms with E-state index in [1.54, 1.807) is 43.5 Å². The minimum atomic E-state index is -0.463. The number of thioether (sulfide) groups is 1. The van der Waals surface area contributed by atoms with Gasteiger partial charge in [-0.05, 0) is 83.1 Å². The predicted octanol–water partition coefficient (Wildman–Crippen LogP) is 5.06. The van der Waals surface area contributed by atoms with Crippen LogP contribution >= 0.6 is 51.5 Å². The molecule has 0 radical (unpaired) electrons. The van der Waals surface area contributed by atoms with Crippen LogP contribution in [0.4, 0.5) is 0 Å². The maximum atomic E-state index is 12.8. The molecule has 1 aliphatic rings. The van der Waals surface area contributed by atoms with E-state index in [-0.39, 0.29) is 4.32 Å². The Morgan fingerprint density at radius 1 is 1.33 bits per heavy atom. The monoisotopic (exact) mass is 526 g/mol. The van der Waals surface area contributed by atoms with Gasteiger partial charge in [0.1, 0.15) is 0 Å². The van der Waals surface area contributed by atoms with Crippen LogP contribution in [-0.2, 0) is 4.79 Å². The van der Waals surface area contributed by atoms with Crippen LogP contribution in [0.1, 0.15) is 22.8 Å². The second kappa shape index (κ2) is 9.82. The lowest BCUT2D eigenvalue weighted by Gasteiger charge is -2.15. The van der Waals surface area contributed by atoms with Gasteiger partial charge in [-0.1, -0.05) is 23.4 Å². The average molecular weight is 528 g/mol. The summed E-state index contributed by atoms with van der Waals surface area (Å²) in [7, 11) is 1.54. The number of ether oxygens (including phenoxy) is 2. The smallest absolute Gasteiger partial charge is 0.285 e. The number of hydrogen-bond donors (Lipinski definition) is 1. The van der Waals surface area contributed by atoms with Gasteiger partial charge in [-0.15, -0.1) is 0 Å². The summed E-state index contributed by atoms with van der Waals surface area (Å²) in [5.74, 6) is 0.231. The zero-order chi connectivity index (χ0) is 21.8. The van der Waals surface area contributed by atoms with Crippen LogP contribution < -0.4 is 14.9 Å². The normalized spacial score (nSPS) is 14.9. The lowest BCUT2D eigenvalue weighted by atomic mass is 10.2. The minimum absolute atomic E-state index is 0.227. The molecule has 0 bridgehead atoms. The lowest BCUT2D eigenvalue weighted by molar-refractivity contribution is -0.123. The van der Waals surface area contributed by atoms with Gasteiger partial charge in [-0.3, -0.25) is 15.0 Å². The van der Waals surface area contributed by atoms with Crippen molar-refractivity contribution in [3.05, 3.63) is 61.9 Å². The van der Waals surface area contributed by atoms with Gasteiger partial charge in [-0.2, -0.15) is 5.01 Å². The van der Waals surface area contributed by atoms with Gasteiger partial charge < -0.3 is 9.47 Å². The molecule has 0 atom stereocenters. The molecule has 6 nitrogen and oxygen atoms in total. The molecule has 1 N–H and O–H groups in total. The van der Waals surface area contributed by atoms with E-state index >= 15 is 0 Å². The molecule has 1 aliphatic heterocycles. The van der Waals surface area contributed by atoms with E-state index < -0.39 is 11.8 Å². The van der Waals surface area contributed by atoms with Crippen molar-refractivity contribution in [1.29, 1.82) is 0 Å². The number of rotatable bonds is 6. The molecule has 1 heterocycles. The summed E-state index contributed by atoms with van der Waals surface area (Å²) in [4.78, 5) is 25.6. The molecule has 10 heteroatoms. The largest absolute Gasteiger partial charge is 0.493 e. The van der Waals surface area contributed by atoms with Gasteiger partial charge in [-0.25, -0.2) is 0 Å². The number of nitrogens with zero attached hydrogens (tertiary/aromatic N) is 1. The van der Waals surface area contributed by atoms with E-state index in [1.807, 2.05) is 13.0 Å². The van der Waals surface area contributed by atoms with Crippen LogP contribution in [0.15, 0.2) is 45.8 Å². The van der Waals surface area contributed by atoms with Gasteiger partial charge in [0.15, 0.2) is 15.8 Å². The molecule has 156 valence electrons. The van der Waals surface area contributed by atoms with E-state index in [0.717, 1.165) is 16.8 Å². The number of thiocarbonyl (C=S) groups is 1. The van der Waals surface area contributed by atoms with Crippen molar-refractivity contribution in [1.82, 2.24) is 10.4 Å². The molecule has 0 spiro atoms. The quantitative estimate of drug-likeness (QED) is 0.419. The van der Waals surface area contributed by atoms with E-state index in [0.29, 0.717) is 43.6 Å². The number of hydrazine groups is 1. The number of halogens is 2. The Balaban J connectivity index is 1.82. The summed E-state index contributed by atoms with van der Waals surface area (Å²) in [6.45, 7) is 2.36. The first-order valence-corrected chi connectivity index (χ1v) is 11.1. The molecular weight excluding hydrogens is 512 g/mol. The Labute approximate surface area is 196 Å². The van der Waals surface area contributed by atoms with Gasteiger partial charge in [0.25, 0.3) is 11.8 Å². The highest BCUT2D eigenvalue weighted by atomic mass is 79.9. The van der Waals surface area contributed by atoms with Crippen molar-refractivity contribution < 1.29 is 19.1 Å². The molecule has 2 aromatic carbocycles. The first kappa shape index (κ1) is 22.6. The molecule has 0 unspecified atom stereocenters. The Kier molecular flexibility index (Phi) is 7.41. The van der Waals surface area contributed by atoms with Gasteiger partial charge in [0, 0.05) is 10.6 Å². The van der Waals surface area contributed by atoms with E-state index in [1.165, 1.54) is 0 Å². The van der Waals surface area contributed by atoms with Crippen molar-refractivity contribution in [2.75, 3.05) is 13.7 Å². The van der Waals surface area contributed by atoms with E-state index in [9.17, 15) is 9.59 Å². The third kappa shape index (κ3) is 4.97. The van der Waals surface area contributed by atoms with Gasteiger partial charge in [0.05, 0.1) is 23.1 Å². The molecule has 3 rings (SSSR count). The Morgan fingerprint density at radius 2 is 2.03 bits per heavy atom. The summed E-state index contributed by atoms with van der Waals surface area (Å²) < 4.78 is 11.9. The fraction of sp³-hybridized carbons (Fsp3) is 0.150. The average Bonchev–Trinajstić information content (AvgIpc) is 2.97. The van der Waals surface area contributed by atoms with Crippen LogP contribution in [0, 0.1) is 0 Å². The highest BCUT2D eigenvalue weighted by molar-refractivity contribution is 9.10. The predicted molar refractivity (Wildman–Crippen MR) is 126 cm³/mol. The SMILES string of the molecule is CCOc1c(Br)cc(/C=C2\SC(=S)N(NC(=O)c3ccc(Cl)cc3)C2=O)cc1OC. The zero-order valence-electron chi connectivity index (χ0n) is 15.9. The summed E-state index contributed by atoms with van der Waals surface area (Å²) >= 11 is 15.7. The minimum Gasteiger partial charge on any atom is -0.493 e. The third-order valence-electron chi connectivity index (χ3n) is 3.95. The summed E-state index contributed by atoms with van der Waals surface area (Å²) in [6, 6.07) is 9.89. The van der Waals surface area contributed by atoms with Crippen molar-refractivity contribution in [3.8, 4) is 11.5 Å². The fourth-order valence-corrected chi connectivity index (χ4v) is 4.47. The van der Waals surface area contributed by atoms with Gasteiger partial charge in [0.2, 0.25) is 0 Å². The van der Waals surface area contributed by atoms with Crippen molar-refractivity contribution >= 4 is 73.7 Å². The summed E-state index contributed by atoms with van der Waals surface area (Å²) in [6.07, 6.45) is 1.68. The third-order valence-corrected chi connectivity index (χ3v) is 6.09. The molecule has 0 saturated carbocycles. The van der Waals surface area contributed by atoms with Gasteiger partial charge >= 0.3 is 0 Å². The van der Waals surface area contributed by atoms with Crippen molar-refractivity contribution in [2.45, 2.75) is 6.92 Å². The highest BCUT2D eigenvalue weighted by Gasteiger charge is 2.34. The maximum Gasteiger partial charge on any atom is 0.285 e. The molecule has 1 fully saturated rings. The molecule has 2 amide bonds. The lowest BCUT2D eigenvalue weighted by Crippen LogP contribution is -2.44. The molecule has 2 aromatic rings. The standard InChI is InChI=1S/C20H16BrClN2O4S2/c1-3-28-17-14(21)8-11(9-15(17)27-2)10-16-19(26)24(20(29)30-16)23-18(25)12-4-6-13(22)7-5-12/h4-10H,3H2,1-2H3,(H,23,25)/b16-10-. The molecule has 0 aromatic heterocycles. The van der Waals surface area contributed by atoms with E-state index in [4.69, 9.17) is 33.3 Å². The van der Waals surface area contributed by atoms with Crippen LogP contribution in [0.25, 0.3) is 6.08 Å².